The molecule has 0 saturated carbocycles. The number of aromatic hydroxyl groups is 1. The molecule has 1 aliphatic rings. The van der Waals surface area contributed by atoms with Crippen LogP contribution in [0.4, 0.5) is 13.2 Å². The van der Waals surface area contributed by atoms with Crippen LogP contribution >= 0.6 is 12.4 Å². The third-order valence-electron chi connectivity index (χ3n) is 4.59. The van der Waals surface area contributed by atoms with Gasteiger partial charge in [0.2, 0.25) is 0 Å². The Bertz CT molecular complexity index is 702. The van der Waals surface area contributed by atoms with Crippen molar-refractivity contribution in [3.8, 4) is 5.75 Å². The molecule has 138 valence electrons. The van der Waals surface area contributed by atoms with Gasteiger partial charge in [-0.1, -0.05) is 30.3 Å². The fourth-order valence-electron chi connectivity index (χ4n) is 3.43. The predicted molar refractivity (Wildman–Crippen MR) is 95.3 cm³/mol. The van der Waals surface area contributed by atoms with Gasteiger partial charge in [-0.3, -0.25) is 4.90 Å². The highest BCUT2D eigenvalue weighted by atomic mass is 35.5. The molecule has 1 atom stereocenters. The maximum absolute atomic E-state index is 12.8. The molecule has 2 aromatic carbocycles. The molecule has 3 rings (SSSR count). The SMILES string of the molecule is Cl.Oc1ccc([C@@H](CCC(F)(F)F)N2CCNCC2)c2ccccc12. The normalized spacial score (nSPS) is 17.2. The van der Waals surface area contributed by atoms with E-state index in [2.05, 4.69) is 10.2 Å². The number of piperazine rings is 1. The van der Waals surface area contributed by atoms with E-state index < -0.39 is 12.6 Å². The van der Waals surface area contributed by atoms with E-state index >= 15 is 0 Å². The molecule has 0 bridgehead atoms. The Morgan fingerprint density at radius 2 is 1.68 bits per heavy atom. The Kier molecular flexibility index (Phi) is 6.54. The molecule has 2 aromatic rings. The number of nitrogens with one attached hydrogen (secondary N) is 1. The van der Waals surface area contributed by atoms with E-state index in [1.54, 1.807) is 18.2 Å². The first-order valence-electron chi connectivity index (χ1n) is 8.18. The maximum atomic E-state index is 12.8. The van der Waals surface area contributed by atoms with Crippen LogP contribution in [0.15, 0.2) is 36.4 Å². The zero-order valence-electron chi connectivity index (χ0n) is 13.7. The molecule has 0 spiro atoms. The summed E-state index contributed by atoms with van der Waals surface area (Å²) in [6.45, 7) is 2.99. The van der Waals surface area contributed by atoms with Crippen LogP contribution in [0.1, 0.15) is 24.4 Å². The first kappa shape index (κ1) is 19.8. The van der Waals surface area contributed by atoms with Crippen molar-refractivity contribution in [2.75, 3.05) is 26.2 Å². The minimum Gasteiger partial charge on any atom is -0.507 e. The van der Waals surface area contributed by atoms with Crippen LogP contribution in [0.3, 0.4) is 0 Å². The second-order valence-corrected chi connectivity index (χ2v) is 6.18. The van der Waals surface area contributed by atoms with E-state index in [0.717, 1.165) is 37.1 Å². The average molecular weight is 375 g/mol. The van der Waals surface area contributed by atoms with Gasteiger partial charge in [-0.05, 0) is 23.4 Å². The Morgan fingerprint density at radius 1 is 1.04 bits per heavy atom. The van der Waals surface area contributed by atoms with Crippen molar-refractivity contribution < 1.29 is 18.3 Å². The van der Waals surface area contributed by atoms with Crippen molar-refractivity contribution in [2.24, 2.45) is 0 Å². The molecule has 1 aliphatic heterocycles. The molecule has 2 N–H and O–H groups in total. The lowest BCUT2D eigenvalue weighted by atomic mass is 9.93. The number of hydrogen-bond donors (Lipinski definition) is 2. The summed E-state index contributed by atoms with van der Waals surface area (Å²) in [5, 5.41) is 14.8. The number of benzene rings is 2. The van der Waals surface area contributed by atoms with Gasteiger partial charge in [0, 0.05) is 44.0 Å². The molecule has 1 heterocycles. The van der Waals surface area contributed by atoms with Crippen LogP contribution in [0, 0.1) is 0 Å². The van der Waals surface area contributed by atoms with E-state index in [1.165, 1.54) is 0 Å². The first-order valence-corrected chi connectivity index (χ1v) is 8.18. The van der Waals surface area contributed by atoms with Crippen molar-refractivity contribution >= 4 is 23.2 Å². The molecule has 1 fully saturated rings. The molecule has 7 heteroatoms. The Hall–Kier alpha value is -1.50. The monoisotopic (exact) mass is 374 g/mol. The number of rotatable bonds is 4. The number of phenolic OH excluding ortho intramolecular Hbond substituents is 1. The quantitative estimate of drug-likeness (QED) is 0.839. The lowest BCUT2D eigenvalue weighted by Gasteiger charge is -2.36. The Balaban J connectivity index is 0.00000225. The van der Waals surface area contributed by atoms with Crippen molar-refractivity contribution in [1.82, 2.24) is 10.2 Å². The number of halogens is 4. The maximum Gasteiger partial charge on any atom is 0.389 e. The lowest BCUT2D eigenvalue weighted by molar-refractivity contribution is -0.138. The second-order valence-electron chi connectivity index (χ2n) is 6.18. The summed E-state index contributed by atoms with van der Waals surface area (Å²) < 4.78 is 38.4. The molecule has 0 amide bonds. The number of alkyl halides is 3. The summed E-state index contributed by atoms with van der Waals surface area (Å²) in [6.07, 6.45) is -4.95. The van der Waals surface area contributed by atoms with Crippen molar-refractivity contribution in [2.45, 2.75) is 25.1 Å². The lowest BCUT2D eigenvalue weighted by Crippen LogP contribution is -2.45. The van der Waals surface area contributed by atoms with E-state index in [-0.39, 0.29) is 30.6 Å². The molecule has 0 radical (unpaired) electrons. The van der Waals surface area contributed by atoms with Gasteiger partial charge in [-0.2, -0.15) is 13.2 Å². The van der Waals surface area contributed by atoms with Crippen LogP contribution in [-0.2, 0) is 0 Å². The second kappa shape index (κ2) is 8.25. The van der Waals surface area contributed by atoms with Gasteiger partial charge in [-0.15, -0.1) is 12.4 Å². The molecule has 1 saturated heterocycles. The van der Waals surface area contributed by atoms with Gasteiger partial charge in [0.05, 0.1) is 0 Å². The van der Waals surface area contributed by atoms with Crippen LogP contribution in [0.25, 0.3) is 10.8 Å². The van der Waals surface area contributed by atoms with Crippen molar-refractivity contribution in [3.63, 3.8) is 0 Å². The molecule has 25 heavy (non-hydrogen) atoms. The average Bonchev–Trinajstić information content (AvgIpc) is 2.57. The first-order chi connectivity index (χ1) is 11.5. The van der Waals surface area contributed by atoms with Gasteiger partial charge in [0.25, 0.3) is 0 Å². The highest BCUT2D eigenvalue weighted by molar-refractivity contribution is 5.91. The van der Waals surface area contributed by atoms with E-state index in [1.807, 2.05) is 18.2 Å². The van der Waals surface area contributed by atoms with Crippen LogP contribution in [0.2, 0.25) is 0 Å². The summed E-state index contributed by atoms with van der Waals surface area (Å²) in [7, 11) is 0. The summed E-state index contributed by atoms with van der Waals surface area (Å²) in [6, 6.07) is 10.4. The number of hydrogen-bond acceptors (Lipinski definition) is 3. The van der Waals surface area contributed by atoms with Gasteiger partial charge >= 0.3 is 6.18 Å². The van der Waals surface area contributed by atoms with Crippen molar-refractivity contribution in [1.29, 1.82) is 0 Å². The predicted octanol–water partition coefficient (Wildman–Crippen LogP) is 4.26. The van der Waals surface area contributed by atoms with Gasteiger partial charge in [-0.25, -0.2) is 0 Å². The molecule has 3 nitrogen and oxygen atoms in total. The molecule has 0 aliphatic carbocycles. The van der Waals surface area contributed by atoms with E-state index in [0.29, 0.717) is 5.39 Å². The van der Waals surface area contributed by atoms with Crippen LogP contribution < -0.4 is 5.32 Å². The molecular weight excluding hydrogens is 353 g/mol. The number of fused-ring (bicyclic) bond motifs is 1. The Labute approximate surface area is 151 Å². The largest absolute Gasteiger partial charge is 0.507 e. The smallest absolute Gasteiger partial charge is 0.389 e. The van der Waals surface area contributed by atoms with Crippen molar-refractivity contribution in [3.05, 3.63) is 42.0 Å². The summed E-state index contributed by atoms with van der Waals surface area (Å²) in [5.74, 6) is 0.157. The summed E-state index contributed by atoms with van der Waals surface area (Å²) in [4.78, 5) is 2.11. The van der Waals surface area contributed by atoms with Crippen LogP contribution in [-0.4, -0.2) is 42.4 Å². The van der Waals surface area contributed by atoms with Gasteiger partial charge in [0.15, 0.2) is 0 Å². The van der Waals surface area contributed by atoms with Gasteiger partial charge < -0.3 is 10.4 Å². The molecule has 0 aromatic heterocycles. The fourth-order valence-corrected chi connectivity index (χ4v) is 3.43. The highest BCUT2D eigenvalue weighted by Crippen LogP contribution is 2.37. The van der Waals surface area contributed by atoms with Crippen LogP contribution in [0.5, 0.6) is 5.75 Å². The zero-order valence-corrected chi connectivity index (χ0v) is 14.5. The highest BCUT2D eigenvalue weighted by Gasteiger charge is 2.32. The van der Waals surface area contributed by atoms with E-state index in [4.69, 9.17) is 0 Å². The summed E-state index contributed by atoms with van der Waals surface area (Å²) >= 11 is 0. The van der Waals surface area contributed by atoms with E-state index in [9.17, 15) is 18.3 Å². The standard InChI is InChI=1S/C18H21F3N2O.ClH/c19-18(20,21)8-7-16(23-11-9-22-10-12-23)14-5-6-17(24)15-4-2-1-3-13(14)15;/h1-6,16,22,24H,7-12H2;1H/t16-;/m1./s1. The molecule has 0 unspecified atom stereocenters. The zero-order chi connectivity index (χ0) is 17.2. The minimum absolute atomic E-state index is 0. The molecular formula is C18H22ClF3N2O. The Morgan fingerprint density at radius 3 is 2.32 bits per heavy atom. The summed E-state index contributed by atoms with van der Waals surface area (Å²) in [5.41, 5.74) is 0.856. The fraction of sp³-hybridized carbons (Fsp3) is 0.444. The van der Waals surface area contributed by atoms with Gasteiger partial charge in [0.1, 0.15) is 5.75 Å². The topological polar surface area (TPSA) is 35.5 Å². The minimum atomic E-state index is -4.17. The number of nitrogens with zero attached hydrogens (tertiary/aromatic N) is 1. The number of phenols is 1. The third kappa shape index (κ3) is 4.77. The third-order valence-corrected chi connectivity index (χ3v) is 4.59.